The van der Waals surface area contributed by atoms with Crippen molar-refractivity contribution in [1.82, 2.24) is 24.8 Å². The van der Waals surface area contributed by atoms with Crippen LogP contribution in [-0.4, -0.2) is 42.5 Å². The first-order chi connectivity index (χ1) is 19.9. The van der Waals surface area contributed by atoms with Gasteiger partial charge in [-0.3, -0.25) is 9.78 Å². The van der Waals surface area contributed by atoms with Crippen LogP contribution in [0.3, 0.4) is 0 Å². The summed E-state index contributed by atoms with van der Waals surface area (Å²) >= 11 is 0. The molecule has 3 aromatic carbocycles. The lowest BCUT2D eigenvalue weighted by atomic mass is 9.94. The highest BCUT2D eigenvalue weighted by molar-refractivity contribution is 5.99. The maximum atomic E-state index is 13.0. The van der Waals surface area contributed by atoms with Crippen LogP contribution >= 0.6 is 0 Å². The zero-order valence-electron chi connectivity index (χ0n) is 23.2. The van der Waals surface area contributed by atoms with Gasteiger partial charge in [0.15, 0.2) is 0 Å². The average Bonchev–Trinajstić information content (AvgIpc) is 3.38. The van der Waals surface area contributed by atoms with Crippen molar-refractivity contribution in [2.24, 2.45) is 5.92 Å². The molecule has 1 aliphatic rings. The van der Waals surface area contributed by atoms with Gasteiger partial charge in [-0.05, 0) is 55.2 Å². The van der Waals surface area contributed by atoms with Crippen LogP contribution in [0.1, 0.15) is 62.4 Å². The van der Waals surface area contributed by atoms with E-state index in [1.54, 1.807) is 32.2 Å². The maximum absolute atomic E-state index is 13.0. The SMILES string of the molecule is CC(C)[C@H](NC(=O)c1ccc2c(c1)nc(-c1ccc3nc(-c4ccccc4)cnc3c1)n2C1CCCCC1)C(=O)O. The van der Waals surface area contributed by atoms with Crippen LogP contribution in [0.5, 0.6) is 0 Å². The van der Waals surface area contributed by atoms with Gasteiger partial charge in [-0.15, -0.1) is 0 Å². The van der Waals surface area contributed by atoms with Gasteiger partial charge < -0.3 is 15.0 Å². The Hall–Kier alpha value is -4.59. The molecule has 208 valence electrons. The fourth-order valence-corrected chi connectivity index (χ4v) is 5.79. The molecule has 0 saturated heterocycles. The first kappa shape index (κ1) is 26.6. The molecule has 8 heteroatoms. The number of hydrogen-bond donors (Lipinski definition) is 2. The summed E-state index contributed by atoms with van der Waals surface area (Å²) < 4.78 is 2.32. The largest absolute Gasteiger partial charge is 0.480 e. The van der Waals surface area contributed by atoms with Crippen molar-refractivity contribution >= 4 is 33.9 Å². The summed E-state index contributed by atoms with van der Waals surface area (Å²) in [6, 6.07) is 20.9. The third-order valence-corrected chi connectivity index (χ3v) is 7.98. The number of carbonyl (C=O) groups is 2. The fraction of sp³-hybridized carbons (Fsp3) is 0.303. The summed E-state index contributed by atoms with van der Waals surface area (Å²) in [5, 5.41) is 12.2. The van der Waals surface area contributed by atoms with Crippen LogP contribution in [-0.2, 0) is 4.79 Å². The first-order valence-electron chi connectivity index (χ1n) is 14.3. The molecule has 0 bridgehead atoms. The lowest BCUT2D eigenvalue weighted by Gasteiger charge is -2.25. The van der Waals surface area contributed by atoms with Crippen molar-refractivity contribution in [3.63, 3.8) is 0 Å². The quantitative estimate of drug-likeness (QED) is 0.236. The number of nitrogens with zero attached hydrogens (tertiary/aromatic N) is 4. The summed E-state index contributed by atoms with van der Waals surface area (Å²) in [7, 11) is 0. The number of carbonyl (C=O) groups excluding carboxylic acids is 1. The number of rotatable bonds is 7. The Morgan fingerprint density at radius 1 is 0.878 bits per heavy atom. The smallest absolute Gasteiger partial charge is 0.326 e. The van der Waals surface area contributed by atoms with E-state index in [1.165, 1.54) is 19.3 Å². The zero-order valence-corrected chi connectivity index (χ0v) is 23.2. The molecule has 1 aliphatic carbocycles. The van der Waals surface area contributed by atoms with Gasteiger partial charge >= 0.3 is 5.97 Å². The second kappa shape index (κ2) is 11.1. The molecule has 1 fully saturated rings. The fourth-order valence-electron chi connectivity index (χ4n) is 5.79. The number of hydrogen-bond acceptors (Lipinski definition) is 5. The third-order valence-electron chi connectivity index (χ3n) is 7.98. The number of benzene rings is 3. The van der Waals surface area contributed by atoms with E-state index in [1.807, 2.05) is 54.6 Å². The Balaban J connectivity index is 1.41. The number of fused-ring (bicyclic) bond motifs is 2. The predicted molar refractivity (Wildman–Crippen MR) is 160 cm³/mol. The second-order valence-electron chi connectivity index (χ2n) is 11.2. The topological polar surface area (TPSA) is 110 Å². The van der Waals surface area contributed by atoms with Crippen molar-refractivity contribution in [2.45, 2.75) is 58.0 Å². The van der Waals surface area contributed by atoms with Crippen LogP contribution in [0.25, 0.3) is 44.7 Å². The van der Waals surface area contributed by atoms with E-state index in [0.29, 0.717) is 17.1 Å². The van der Waals surface area contributed by atoms with Crippen molar-refractivity contribution in [3.05, 3.63) is 78.5 Å². The molecule has 1 atom stereocenters. The Labute approximate surface area is 238 Å². The number of imidazole rings is 1. The minimum absolute atomic E-state index is 0.239. The third kappa shape index (κ3) is 5.29. The molecule has 0 aliphatic heterocycles. The molecular formula is C33H33N5O3. The van der Waals surface area contributed by atoms with Gasteiger partial charge in [0.2, 0.25) is 0 Å². The molecule has 5 aromatic rings. The van der Waals surface area contributed by atoms with Gasteiger partial charge in [0.05, 0.1) is 34.0 Å². The summed E-state index contributed by atoms with van der Waals surface area (Å²) in [5.41, 5.74) is 6.46. The number of amides is 1. The monoisotopic (exact) mass is 547 g/mol. The molecule has 8 nitrogen and oxygen atoms in total. The normalized spacial score (nSPS) is 14.9. The standard InChI is InChI=1S/C33H33N5O3/c1-20(2)30(33(40)41)37-32(39)23-14-16-29-27(18-23)36-31(38(29)24-11-7-4-8-12-24)22-13-15-25-26(17-22)34-19-28(35-25)21-9-5-3-6-10-21/h3,5-6,9-10,13-20,24,30H,4,7-8,11-12H2,1-2H3,(H,37,39)(H,40,41)/t30-/m0/s1. The Bertz CT molecular complexity index is 1740. The predicted octanol–water partition coefficient (Wildman–Crippen LogP) is 6.66. The Morgan fingerprint density at radius 3 is 2.39 bits per heavy atom. The lowest BCUT2D eigenvalue weighted by molar-refractivity contribution is -0.140. The van der Waals surface area contributed by atoms with Crippen LogP contribution in [0, 0.1) is 5.92 Å². The van der Waals surface area contributed by atoms with Gasteiger partial charge in [-0.2, -0.15) is 0 Å². The highest BCUT2D eigenvalue weighted by atomic mass is 16.4. The average molecular weight is 548 g/mol. The minimum Gasteiger partial charge on any atom is -0.480 e. The lowest BCUT2D eigenvalue weighted by Crippen LogP contribution is -2.44. The number of aromatic nitrogens is 4. The first-order valence-corrected chi connectivity index (χ1v) is 14.3. The Morgan fingerprint density at radius 2 is 1.66 bits per heavy atom. The number of aliphatic carboxylic acids is 1. The van der Waals surface area contributed by atoms with Crippen molar-refractivity contribution in [2.75, 3.05) is 0 Å². The van der Waals surface area contributed by atoms with E-state index in [9.17, 15) is 14.7 Å². The van der Waals surface area contributed by atoms with Gasteiger partial charge in [0.25, 0.3) is 5.91 Å². The molecular weight excluding hydrogens is 514 g/mol. The number of nitrogens with one attached hydrogen (secondary N) is 1. The van der Waals surface area contributed by atoms with Crippen LogP contribution in [0.2, 0.25) is 0 Å². The van der Waals surface area contributed by atoms with Crippen LogP contribution in [0.4, 0.5) is 0 Å². The van der Waals surface area contributed by atoms with Crippen molar-refractivity contribution in [3.8, 4) is 22.6 Å². The molecule has 1 saturated carbocycles. The molecule has 41 heavy (non-hydrogen) atoms. The molecule has 6 rings (SSSR count). The molecule has 0 spiro atoms. The molecule has 0 unspecified atom stereocenters. The van der Waals surface area contributed by atoms with Crippen LogP contribution in [0.15, 0.2) is 72.9 Å². The van der Waals surface area contributed by atoms with E-state index < -0.39 is 17.9 Å². The summed E-state index contributed by atoms with van der Waals surface area (Å²) in [6.07, 6.45) is 7.52. The van der Waals surface area contributed by atoms with Gasteiger partial charge in [-0.1, -0.05) is 63.4 Å². The van der Waals surface area contributed by atoms with Gasteiger partial charge in [-0.25, -0.2) is 14.8 Å². The van der Waals surface area contributed by atoms with E-state index in [0.717, 1.165) is 52.0 Å². The molecule has 0 radical (unpaired) electrons. The molecule has 1 amide bonds. The maximum Gasteiger partial charge on any atom is 0.326 e. The van der Waals surface area contributed by atoms with Gasteiger partial charge in [0, 0.05) is 22.7 Å². The molecule has 2 aromatic heterocycles. The van der Waals surface area contributed by atoms with E-state index >= 15 is 0 Å². The van der Waals surface area contributed by atoms with Gasteiger partial charge in [0.1, 0.15) is 11.9 Å². The van der Waals surface area contributed by atoms with E-state index in [-0.39, 0.29) is 5.92 Å². The van der Waals surface area contributed by atoms with Crippen molar-refractivity contribution in [1.29, 1.82) is 0 Å². The highest BCUT2D eigenvalue weighted by Crippen LogP contribution is 2.37. The highest BCUT2D eigenvalue weighted by Gasteiger charge is 2.26. The second-order valence-corrected chi connectivity index (χ2v) is 11.2. The van der Waals surface area contributed by atoms with Crippen molar-refractivity contribution < 1.29 is 14.7 Å². The summed E-state index contributed by atoms with van der Waals surface area (Å²) in [4.78, 5) is 39.3. The Kier molecular flexibility index (Phi) is 7.22. The van der Waals surface area contributed by atoms with Crippen LogP contribution < -0.4 is 5.32 Å². The summed E-state index contributed by atoms with van der Waals surface area (Å²) in [6.45, 7) is 3.55. The number of carboxylic acids is 1. The zero-order chi connectivity index (χ0) is 28.5. The van der Waals surface area contributed by atoms with E-state index in [4.69, 9.17) is 15.0 Å². The number of carboxylic acid groups (broad SMARTS) is 1. The van der Waals surface area contributed by atoms with E-state index in [2.05, 4.69) is 9.88 Å². The summed E-state index contributed by atoms with van der Waals surface area (Å²) in [5.74, 6) is -0.867. The molecule has 2 heterocycles. The minimum atomic E-state index is -1.05. The molecule has 2 N–H and O–H groups in total.